The molecule has 74 valence electrons. The second kappa shape index (κ2) is 4.19. The minimum atomic E-state index is -2.88. The fraction of sp³-hybridized carbons (Fsp3) is 0.364. The predicted octanol–water partition coefficient (Wildman–Crippen LogP) is 3.40. The molecular formula is C11H11F2N. The zero-order valence-corrected chi connectivity index (χ0v) is 7.93. The van der Waals surface area contributed by atoms with Crippen LogP contribution < -0.4 is 0 Å². The molecule has 0 atom stereocenters. The van der Waals surface area contributed by atoms with E-state index in [0.717, 1.165) is 0 Å². The number of hydrogen-bond donors (Lipinski definition) is 0. The van der Waals surface area contributed by atoms with Crippen molar-refractivity contribution in [2.75, 3.05) is 6.54 Å². The van der Waals surface area contributed by atoms with Crippen LogP contribution in [0.15, 0.2) is 24.3 Å². The van der Waals surface area contributed by atoms with E-state index in [1.54, 1.807) is 25.1 Å². The fourth-order valence-corrected chi connectivity index (χ4v) is 1.31. The second-order valence-corrected chi connectivity index (χ2v) is 3.15. The van der Waals surface area contributed by atoms with E-state index in [9.17, 15) is 8.78 Å². The molecule has 0 unspecified atom stereocenters. The average molecular weight is 195 g/mol. The molecule has 0 N–H and O–H groups in total. The first-order valence-corrected chi connectivity index (χ1v) is 4.35. The quantitative estimate of drug-likeness (QED) is 0.651. The molecule has 0 amide bonds. The van der Waals surface area contributed by atoms with E-state index in [1.807, 2.05) is 0 Å². The van der Waals surface area contributed by atoms with Gasteiger partial charge in [0.15, 0.2) is 0 Å². The molecule has 1 nitrogen and oxygen atoms in total. The molecule has 0 radical (unpaired) electrons. The van der Waals surface area contributed by atoms with Crippen LogP contribution >= 0.6 is 0 Å². The summed E-state index contributed by atoms with van der Waals surface area (Å²) in [6, 6.07) is 6.39. The van der Waals surface area contributed by atoms with Crippen LogP contribution in [0.25, 0.3) is 4.85 Å². The van der Waals surface area contributed by atoms with Gasteiger partial charge in [-0.25, -0.2) is 15.4 Å². The minimum Gasteiger partial charge on any atom is -0.317 e. The molecule has 0 saturated heterocycles. The topological polar surface area (TPSA) is 4.36 Å². The highest BCUT2D eigenvalue weighted by Crippen LogP contribution is 2.33. The summed E-state index contributed by atoms with van der Waals surface area (Å²) in [4.78, 5) is 2.95. The minimum absolute atomic E-state index is 0.0312. The van der Waals surface area contributed by atoms with Crippen LogP contribution in [0.1, 0.15) is 17.5 Å². The molecule has 0 saturated carbocycles. The van der Waals surface area contributed by atoms with E-state index in [0.29, 0.717) is 5.56 Å². The van der Waals surface area contributed by atoms with Crippen LogP contribution in [0.3, 0.4) is 0 Å². The molecular weight excluding hydrogens is 184 g/mol. The zero-order valence-electron chi connectivity index (χ0n) is 7.93. The number of benzene rings is 1. The molecule has 1 rings (SSSR count). The Morgan fingerprint density at radius 1 is 1.36 bits per heavy atom. The van der Waals surface area contributed by atoms with Crippen molar-refractivity contribution in [3.8, 4) is 0 Å². The van der Waals surface area contributed by atoms with Gasteiger partial charge in [0, 0.05) is 5.56 Å². The molecule has 1 aromatic carbocycles. The molecule has 0 spiro atoms. The molecule has 0 aliphatic heterocycles. The molecule has 0 aromatic heterocycles. The number of alkyl halides is 2. The zero-order chi connectivity index (χ0) is 10.6. The van der Waals surface area contributed by atoms with Crippen LogP contribution in [0.5, 0.6) is 0 Å². The highest BCUT2D eigenvalue weighted by atomic mass is 19.3. The van der Waals surface area contributed by atoms with Crippen LogP contribution in [-0.2, 0) is 5.92 Å². The summed E-state index contributed by atoms with van der Waals surface area (Å²) in [5.41, 5.74) is 0.603. The van der Waals surface area contributed by atoms with E-state index in [1.165, 1.54) is 6.07 Å². The van der Waals surface area contributed by atoms with Crippen LogP contribution in [0.4, 0.5) is 8.78 Å². The lowest BCUT2D eigenvalue weighted by Crippen LogP contribution is -2.15. The maximum absolute atomic E-state index is 13.5. The van der Waals surface area contributed by atoms with Crippen molar-refractivity contribution in [3.05, 3.63) is 46.8 Å². The van der Waals surface area contributed by atoms with Gasteiger partial charge in [0.25, 0.3) is 5.92 Å². The maximum atomic E-state index is 13.5. The Hall–Kier alpha value is -1.43. The molecule has 1 aromatic rings. The van der Waals surface area contributed by atoms with Gasteiger partial charge in [-0.3, -0.25) is 0 Å². The third-order valence-electron chi connectivity index (χ3n) is 2.08. The lowest BCUT2D eigenvalue weighted by molar-refractivity contribution is -0.00952. The normalized spacial score (nSPS) is 11.0. The van der Waals surface area contributed by atoms with Crippen molar-refractivity contribution in [1.82, 2.24) is 0 Å². The Morgan fingerprint density at radius 2 is 2.00 bits per heavy atom. The van der Waals surface area contributed by atoms with Gasteiger partial charge >= 0.3 is 0 Å². The standard InChI is InChI=1S/C11H11F2N/c1-9-5-3-4-6-10(9)11(12,13)7-8-14-2/h3-6H,7-8H2,1H3. The van der Waals surface area contributed by atoms with Gasteiger partial charge in [0.2, 0.25) is 6.54 Å². The molecule has 0 aliphatic carbocycles. The fourth-order valence-electron chi connectivity index (χ4n) is 1.31. The van der Waals surface area contributed by atoms with Gasteiger partial charge in [0.05, 0.1) is 6.42 Å². The molecule has 0 heterocycles. The van der Waals surface area contributed by atoms with E-state index < -0.39 is 12.3 Å². The summed E-state index contributed by atoms with van der Waals surface area (Å²) in [7, 11) is 0. The summed E-state index contributed by atoms with van der Waals surface area (Å²) in [6.07, 6.45) is -0.401. The van der Waals surface area contributed by atoms with Crippen molar-refractivity contribution < 1.29 is 8.78 Å². The van der Waals surface area contributed by atoms with Crippen LogP contribution in [-0.4, -0.2) is 6.54 Å². The van der Waals surface area contributed by atoms with Gasteiger partial charge in [-0.05, 0) is 12.5 Å². The number of aryl methyl sites for hydroxylation is 1. The van der Waals surface area contributed by atoms with Crippen LogP contribution in [0, 0.1) is 13.5 Å². The maximum Gasteiger partial charge on any atom is 0.280 e. The predicted molar refractivity (Wildman–Crippen MR) is 51.2 cm³/mol. The first-order valence-electron chi connectivity index (χ1n) is 4.35. The summed E-state index contributed by atoms with van der Waals surface area (Å²) in [5.74, 6) is -2.88. The van der Waals surface area contributed by atoms with E-state index in [-0.39, 0.29) is 12.1 Å². The Labute approximate surface area is 82.2 Å². The summed E-state index contributed by atoms with van der Waals surface area (Å²) in [5, 5.41) is 0. The lowest BCUT2D eigenvalue weighted by atomic mass is 10.0. The average Bonchev–Trinajstić information content (AvgIpc) is 2.15. The number of nitrogens with zero attached hydrogens (tertiary/aromatic N) is 1. The Morgan fingerprint density at radius 3 is 2.57 bits per heavy atom. The molecule has 3 heteroatoms. The highest BCUT2D eigenvalue weighted by molar-refractivity contribution is 5.29. The molecule has 0 aliphatic rings. The second-order valence-electron chi connectivity index (χ2n) is 3.15. The molecule has 0 bridgehead atoms. The third kappa shape index (κ3) is 2.29. The Bertz CT molecular complexity index is 353. The number of rotatable bonds is 3. The first kappa shape index (κ1) is 10.6. The highest BCUT2D eigenvalue weighted by Gasteiger charge is 2.33. The van der Waals surface area contributed by atoms with Gasteiger partial charge in [0.1, 0.15) is 0 Å². The third-order valence-corrected chi connectivity index (χ3v) is 2.08. The van der Waals surface area contributed by atoms with Crippen molar-refractivity contribution in [2.45, 2.75) is 19.3 Å². The Balaban J connectivity index is 2.92. The monoisotopic (exact) mass is 195 g/mol. The lowest BCUT2D eigenvalue weighted by Gasteiger charge is -2.16. The largest absolute Gasteiger partial charge is 0.317 e. The molecule has 14 heavy (non-hydrogen) atoms. The Kier molecular flexibility index (Phi) is 3.19. The van der Waals surface area contributed by atoms with Crippen molar-refractivity contribution in [3.63, 3.8) is 0 Å². The summed E-state index contributed by atoms with van der Waals surface area (Å²) in [6.45, 7) is 8.01. The van der Waals surface area contributed by atoms with Crippen molar-refractivity contribution in [2.24, 2.45) is 0 Å². The van der Waals surface area contributed by atoms with Crippen LogP contribution in [0.2, 0.25) is 0 Å². The number of halogens is 2. The van der Waals surface area contributed by atoms with Crippen molar-refractivity contribution >= 4 is 0 Å². The van der Waals surface area contributed by atoms with Crippen molar-refractivity contribution in [1.29, 1.82) is 0 Å². The van der Waals surface area contributed by atoms with Gasteiger partial charge in [-0.15, -0.1) is 0 Å². The van der Waals surface area contributed by atoms with E-state index in [2.05, 4.69) is 4.85 Å². The van der Waals surface area contributed by atoms with Gasteiger partial charge in [-0.1, -0.05) is 24.3 Å². The smallest absolute Gasteiger partial charge is 0.280 e. The van der Waals surface area contributed by atoms with Gasteiger partial charge in [-0.2, -0.15) is 0 Å². The summed E-state index contributed by atoms with van der Waals surface area (Å²) < 4.78 is 26.9. The van der Waals surface area contributed by atoms with Gasteiger partial charge < -0.3 is 4.85 Å². The summed E-state index contributed by atoms with van der Waals surface area (Å²) >= 11 is 0. The van der Waals surface area contributed by atoms with E-state index in [4.69, 9.17) is 6.57 Å². The van der Waals surface area contributed by atoms with E-state index >= 15 is 0 Å². The molecule has 0 fully saturated rings. The number of hydrogen-bond acceptors (Lipinski definition) is 0. The first-order chi connectivity index (χ1) is 6.58. The SMILES string of the molecule is [C-]#[N+]CCC(F)(F)c1ccccc1C.